The number of carbonyl (C=O) groups excluding carboxylic acids is 1. The molecule has 108 valence electrons. The Morgan fingerprint density at radius 3 is 2.63 bits per heavy atom. The molecule has 1 aromatic heterocycles. The molecule has 0 fully saturated rings. The van der Waals surface area contributed by atoms with E-state index in [2.05, 4.69) is 27.3 Å². The highest BCUT2D eigenvalue weighted by Gasteiger charge is 2.13. The molecule has 0 aliphatic carbocycles. The summed E-state index contributed by atoms with van der Waals surface area (Å²) in [6.45, 7) is 6.96. The van der Waals surface area contributed by atoms with E-state index >= 15 is 0 Å². The van der Waals surface area contributed by atoms with Gasteiger partial charge in [0.25, 0.3) is 0 Å². The lowest BCUT2D eigenvalue weighted by Crippen LogP contribution is -2.36. The molecule has 6 nitrogen and oxygen atoms in total. The predicted molar refractivity (Wildman–Crippen MR) is 78.3 cm³/mol. The van der Waals surface area contributed by atoms with Crippen molar-refractivity contribution in [2.75, 3.05) is 39.0 Å². The molecule has 1 rings (SSSR count). The van der Waals surface area contributed by atoms with Gasteiger partial charge in [-0.3, -0.25) is 9.69 Å². The van der Waals surface area contributed by atoms with Crippen LogP contribution in [0.15, 0.2) is 0 Å². The van der Waals surface area contributed by atoms with Crippen LogP contribution in [0.5, 0.6) is 0 Å². The maximum atomic E-state index is 11.7. The van der Waals surface area contributed by atoms with Crippen molar-refractivity contribution >= 4 is 22.4 Å². The van der Waals surface area contributed by atoms with Gasteiger partial charge in [-0.15, -0.1) is 10.2 Å². The van der Waals surface area contributed by atoms with E-state index in [1.807, 2.05) is 6.92 Å². The second-order valence-corrected chi connectivity index (χ2v) is 5.58. The number of nitrogens with zero attached hydrogens (tertiary/aromatic N) is 4. The number of amides is 1. The molecule has 0 atom stereocenters. The first-order valence-corrected chi connectivity index (χ1v) is 7.37. The maximum absolute atomic E-state index is 11.7. The van der Waals surface area contributed by atoms with E-state index in [1.54, 1.807) is 30.3 Å². The zero-order chi connectivity index (χ0) is 14.3. The minimum atomic E-state index is 0.107. The molecule has 1 heterocycles. The van der Waals surface area contributed by atoms with Gasteiger partial charge in [0.1, 0.15) is 5.01 Å². The van der Waals surface area contributed by atoms with E-state index in [1.165, 1.54) is 0 Å². The number of aromatic nitrogens is 2. The molecule has 7 heteroatoms. The molecule has 0 unspecified atom stereocenters. The standard InChI is InChI=1S/C12H23N5OS/c1-5-7-13-12-15-14-10(19-12)8-17(6-2)9-11(18)16(3)4/h5-9H2,1-4H3,(H,13,15). The van der Waals surface area contributed by atoms with E-state index in [-0.39, 0.29) is 5.91 Å². The monoisotopic (exact) mass is 285 g/mol. The molecule has 0 spiro atoms. The molecule has 0 aliphatic rings. The Labute approximate surface area is 118 Å². The third-order valence-corrected chi connectivity index (χ3v) is 3.52. The van der Waals surface area contributed by atoms with Gasteiger partial charge in [0, 0.05) is 20.6 Å². The molecule has 0 aromatic carbocycles. The summed E-state index contributed by atoms with van der Waals surface area (Å²) in [6, 6.07) is 0. The van der Waals surface area contributed by atoms with Crippen molar-refractivity contribution in [3.8, 4) is 0 Å². The minimum Gasteiger partial charge on any atom is -0.360 e. The summed E-state index contributed by atoms with van der Waals surface area (Å²) in [6.07, 6.45) is 1.06. The molecular formula is C12H23N5OS. The van der Waals surface area contributed by atoms with Crippen LogP contribution in [0.25, 0.3) is 0 Å². The molecule has 0 aliphatic heterocycles. The number of anilines is 1. The number of hydrogen-bond acceptors (Lipinski definition) is 6. The quantitative estimate of drug-likeness (QED) is 0.779. The highest BCUT2D eigenvalue weighted by Crippen LogP contribution is 2.16. The average molecular weight is 285 g/mol. The topological polar surface area (TPSA) is 61.4 Å². The SMILES string of the molecule is CCCNc1nnc(CN(CC)CC(=O)N(C)C)s1. The van der Waals surface area contributed by atoms with E-state index < -0.39 is 0 Å². The Morgan fingerprint density at radius 1 is 1.32 bits per heavy atom. The second-order valence-electron chi connectivity index (χ2n) is 4.52. The fraction of sp³-hybridized carbons (Fsp3) is 0.750. The van der Waals surface area contributed by atoms with Gasteiger partial charge in [-0.2, -0.15) is 0 Å². The largest absolute Gasteiger partial charge is 0.360 e. The van der Waals surface area contributed by atoms with Gasteiger partial charge in [0.15, 0.2) is 0 Å². The van der Waals surface area contributed by atoms with Crippen LogP contribution in [-0.4, -0.2) is 59.6 Å². The molecule has 0 saturated heterocycles. The minimum absolute atomic E-state index is 0.107. The summed E-state index contributed by atoms with van der Waals surface area (Å²) in [4.78, 5) is 15.4. The Balaban J connectivity index is 2.51. The van der Waals surface area contributed by atoms with Crippen LogP contribution in [0.4, 0.5) is 5.13 Å². The lowest BCUT2D eigenvalue weighted by molar-refractivity contribution is -0.130. The van der Waals surface area contributed by atoms with Gasteiger partial charge in [0.05, 0.1) is 13.1 Å². The van der Waals surface area contributed by atoms with Crippen LogP contribution in [0, 0.1) is 0 Å². The summed E-state index contributed by atoms with van der Waals surface area (Å²) in [5.74, 6) is 0.107. The van der Waals surface area contributed by atoms with Gasteiger partial charge < -0.3 is 10.2 Å². The van der Waals surface area contributed by atoms with Gasteiger partial charge in [-0.1, -0.05) is 25.2 Å². The number of likely N-dealkylation sites (N-methyl/N-ethyl adjacent to an activating group) is 2. The van der Waals surface area contributed by atoms with E-state index in [0.29, 0.717) is 13.1 Å². The number of rotatable bonds is 8. The van der Waals surface area contributed by atoms with E-state index in [9.17, 15) is 4.79 Å². The third kappa shape index (κ3) is 5.52. The first-order chi connectivity index (χ1) is 9.06. The Bertz CT molecular complexity index is 393. The van der Waals surface area contributed by atoms with Crippen LogP contribution in [0.2, 0.25) is 0 Å². The Kier molecular flexibility index (Phi) is 6.72. The van der Waals surface area contributed by atoms with Crippen LogP contribution >= 0.6 is 11.3 Å². The highest BCUT2D eigenvalue weighted by atomic mass is 32.1. The fourth-order valence-corrected chi connectivity index (χ4v) is 2.23. The average Bonchev–Trinajstić information content (AvgIpc) is 2.82. The normalized spacial score (nSPS) is 10.8. The maximum Gasteiger partial charge on any atom is 0.236 e. The van der Waals surface area contributed by atoms with Crippen molar-refractivity contribution in [1.29, 1.82) is 0 Å². The molecular weight excluding hydrogens is 262 g/mol. The summed E-state index contributed by atoms with van der Waals surface area (Å²) in [5.41, 5.74) is 0. The van der Waals surface area contributed by atoms with Crippen molar-refractivity contribution in [1.82, 2.24) is 20.0 Å². The molecule has 1 N–H and O–H groups in total. The van der Waals surface area contributed by atoms with Crippen LogP contribution < -0.4 is 5.32 Å². The molecule has 0 saturated carbocycles. The van der Waals surface area contributed by atoms with Crippen molar-refractivity contribution in [2.45, 2.75) is 26.8 Å². The van der Waals surface area contributed by atoms with Crippen LogP contribution in [0.3, 0.4) is 0 Å². The van der Waals surface area contributed by atoms with Crippen LogP contribution in [-0.2, 0) is 11.3 Å². The number of carbonyl (C=O) groups is 1. The lowest BCUT2D eigenvalue weighted by atomic mass is 10.4. The van der Waals surface area contributed by atoms with Gasteiger partial charge >= 0.3 is 0 Å². The lowest BCUT2D eigenvalue weighted by Gasteiger charge is -2.20. The van der Waals surface area contributed by atoms with Crippen molar-refractivity contribution in [2.24, 2.45) is 0 Å². The van der Waals surface area contributed by atoms with E-state index in [4.69, 9.17) is 0 Å². The third-order valence-electron chi connectivity index (χ3n) is 2.66. The zero-order valence-electron chi connectivity index (χ0n) is 12.1. The second kappa shape index (κ2) is 8.06. The smallest absolute Gasteiger partial charge is 0.236 e. The first-order valence-electron chi connectivity index (χ1n) is 6.55. The van der Waals surface area contributed by atoms with Crippen molar-refractivity contribution < 1.29 is 4.79 Å². The zero-order valence-corrected chi connectivity index (χ0v) is 13.0. The fourth-order valence-electron chi connectivity index (χ4n) is 1.42. The highest BCUT2D eigenvalue weighted by molar-refractivity contribution is 7.15. The van der Waals surface area contributed by atoms with Gasteiger partial charge in [-0.25, -0.2) is 0 Å². The number of nitrogens with one attached hydrogen (secondary N) is 1. The summed E-state index contributed by atoms with van der Waals surface area (Å²) in [5, 5.41) is 13.2. The van der Waals surface area contributed by atoms with Gasteiger partial charge in [0.2, 0.25) is 11.0 Å². The summed E-state index contributed by atoms with van der Waals surface area (Å²) < 4.78 is 0. The molecule has 0 bridgehead atoms. The predicted octanol–water partition coefficient (Wildman–Crippen LogP) is 1.27. The molecule has 1 aromatic rings. The van der Waals surface area contributed by atoms with E-state index in [0.717, 1.165) is 29.6 Å². The summed E-state index contributed by atoms with van der Waals surface area (Å²) in [7, 11) is 3.54. The van der Waals surface area contributed by atoms with Crippen LogP contribution in [0.1, 0.15) is 25.3 Å². The van der Waals surface area contributed by atoms with Gasteiger partial charge in [-0.05, 0) is 13.0 Å². The molecule has 1 amide bonds. The molecule has 0 radical (unpaired) electrons. The first kappa shape index (κ1) is 15.8. The summed E-state index contributed by atoms with van der Waals surface area (Å²) >= 11 is 1.55. The van der Waals surface area contributed by atoms with Crippen molar-refractivity contribution in [3.63, 3.8) is 0 Å². The Morgan fingerprint density at radius 2 is 2.05 bits per heavy atom. The number of hydrogen-bond donors (Lipinski definition) is 1. The Hall–Kier alpha value is -1.21. The van der Waals surface area contributed by atoms with Crippen molar-refractivity contribution in [3.05, 3.63) is 5.01 Å². The molecule has 19 heavy (non-hydrogen) atoms.